The fourth-order valence-corrected chi connectivity index (χ4v) is 3.04. The molecule has 22 heavy (non-hydrogen) atoms. The van der Waals surface area contributed by atoms with Crippen LogP contribution in [0.25, 0.3) is 11.3 Å². The number of nitrogens with zero attached hydrogens (tertiary/aromatic N) is 1. The lowest BCUT2D eigenvalue weighted by Crippen LogP contribution is -2.34. The summed E-state index contributed by atoms with van der Waals surface area (Å²) < 4.78 is 5.25. The Morgan fingerprint density at radius 1 is 1.27 bits per heavy atom. The molecule has 1 atom stereocenters. The van der Waals surface area contributed by atoms with E-state index in [4.69, 9.17) is 4.52 Å². The first-order chi connectivity index (χ1) is 10.7. The highest BCUT2D eigenvalue weighted by Gasteiger charge is 2.16. The van der Waals surface area contributed by atoms with Crippen LogP contribution in [0.5, 0.6) is 0 Å². The van der Waals surface area contributed by atoms with Crippen LogP contribution in [0.15, 0.2) is 58.4 Å². The van der Waals surface area contributed by atoms with Gasteiger partial charge < -0.3 is 9.84 Å². The average molecular weight is 312 g/mol. The molecule has 0 aliphatic heterocycles. The van der Waals surface area contributed by atoms with Gasteiger partial charge >= 0.3 is 0 Å². The second kappa shape index (κ2) is 6.58. The van der Waals surface area contributed by atoms with E-state index in [-0.39, 0.29) is 11.9 Å². The van der Waals surface area contributed by atoms with E-state index in [9.17, 15) is 4.79 Å². The molecule has 0 aliphatic carbocycles. The van der Waals surface area contributed by atoms with E-state index >= 15 is 0 Å². The van der Waals surface area contributed by atoms with Crippen LogP contribution in [0.4, 0.5) is 0 Å². The molecule has 0 saturated heterocycles. The molecule has 1 amide bonds. The Labute approximate surface area is 132 Å². The average Bonchev–Trinajstić information content (AvgIpc) is 3.19. The Bertz CT molecular complexity index is 735. The van der Waals surface area contributed by atoms with E-state index in [0.29, 0.717) is 11.5 Å². The largest absolute Gasteiger partial charge is 0.355 e. The van der Waals surface area contributed by atoms with E-state index in [2.05, 4.69) is 16.5 Å². The van der Waals surface area contributed by atoms with Crippen molar-refractivity contribution in [2.24, 2.45) is 0 Å². The van der Waals surface area contributed by atoms with Gasteiger partial charge in [-0.2, -0.15) is 0 Å². The highest BCUT2D eigenvalue weighted by Crippen LogP contribution is 2.19. The molecule has 0 fully saturated rings. The SMILES string of the molecule is C[C@H](Cc1cccs1)NC(=O)c1cc(-c2ccccc2)on1. The van der Waals surface area contributed by atoms with Gasteiger partial charge in [-0.05, 0) is 18.4 Å². The maximum absolute atomic E-state index is 12.2. The minimum absolute atomic E-state index is 0.0445. The molecule has 0 bridgehead atoms. The van der Waals surface area contributed by atoms with Crippen molar-refractivity contribution in [2.45, 2.75) is 19.4 Å². The van der Waals surface area contributed by atoms with Gasteiger partial charge in [0.15, 0.2) is 11.5 Å². The predicted octanol–water partition coefficient (Wildman–Crippen LogP) is 3.76. The normalized spacial score (nSPS) is 12.0. The van der Waals surface area contributed by atoms with Crippen molar-refractivity contribution in [1.82, 2.24) is 10.5 Å². The number of rotatable bonds is 5. The molecule has 0 spiro atoms. The molecule has 1 N–H and O–H groups in total. The van der Waals surface area contributed by atoms with Gasteiger partial charge in [-0.1, -0.05) is 41.6 Å². The van der Waals surface area contributed by atoms with Gasteiger partial charge in [-0.25, -0.2) is 0 Å². The molecule has 3 aromatic rings. The highest BCUT2D eigenvalue weighted by atomic mass is 32.1. The van der Waals surface area contributed by atoms with Gasteiger partial charge in [0, 0.05) is 29.0 Å². The number of carbonyl (C=O) groups is 1. The van der Waals surface area contributed by atoms with Gasteiger partial charge in [0.2, 0.25) is 0 Å². The maximum Gasteiger partial charge on any atom is 0.273 e. The third kappa shape index (κ3) is 3.43. The van der Waals surface area contributed by atoms with Crippen molar-refractivity contribution in [3.63, 3.8) is 0 Å². The van der Waals surface area contributed by atoms with E-state index in [1.807, 2.05) is 48.7 Å². The summed E-state index contributed by atoms with van der Waals surface area (Å²) >= 11 is 1.69. The zero-order valence-corrected chi connectivity index (χ0v) is 13.0. The van der Waals surface area contributed by atoms with Crippen LogP contribution in [0, 0.1) is 0 Å². The van der Waals surface area contributed by atoms with Crippen molar-refractivity contribution in [1.29, 1.82) is 0 Å². The topological polar surface area (TPSA) is 55.1 Å². The summed E-state index contributed by atoms with van der Waals surface area (Å²) in [6, 6.07) is 15.4. The van der Waals surface area contributed by atoms with Crippen LogP contribution < -0.4 is 5.32 Å². The number of benzene rings is 1. The van der Waals surface area contributed by atoms with Crippen LogP contribution in [0.3, 0.4) is 0 Å². The first-order valence-electron chi connectivity index (χ1n) is 7.08. The Kier molecular flexibility index (Phi) is 4.34. The van der Waals surface area contributed by atoms with Crippen molar-refractivity contribution in [2.75, 3.05) is 0 Å². The lowest BCUT2D eigenvalue weighted by Gasteiger charge is -2.11. The molecule has 0 unspecified atom stereocenters. The number of nitrogens with one attached hydrogen (secondary N) is 1. The molecule has 4 nitrogen and oxygen atoms in total. The smallest absolute Gasteiger partial charge is 0.273 e. The van der Waals surface area contributed by atoms with Crippen molar-refractivity contribution < 1.29 is 9.32 Å². The minimum atomic E-state index is -0.213. The Morgan fingerprint density at radius 3 is 2.82 bits per heavy atom. The molecule has 0 radical (unpaired) electrons. The molecule has 0 saturated carbocycles. The van der Waals surface area contributed by atoms with Crippen molar-refractivity contribution >= 4 is 17.2 Å². The van der Waals surface area contributed by atoms with Crippen LogP contribution in [-0.2, 0) is 6.42 Å². The Balaban J connectivity index is 1.64. The molecule has 0 aliphatic rings. The van der Waals surface area contributed by atoms with Crippen LogP contribution in [0.2, 0.25) is 0 Å². The van der Waals surface area contributed by atoms with Gasteiger partial charge in [0.25, 0.3) is 5.91 Å². The zero-order chi connectivity index (χ0) is 15.4. The number of aromatic nitrogens is 1. The number of carbonyl (C=O) groups excluding carboxylic acids is 1. The summed E-state index contributed by atoms with van der Waals surface area (Å²) in [5.41, 5.74) is 1.21. The number of hydrogen-bond donors (Lipinski definition) is 1. The summed E-state index contributed by atoms with van der Waals surface area (Å²) in [5.74, 6) is 0.381. The van der Waals surface area contributed by atoms with Crippen molar-refractivity contribution in [3.8, 4) is 11.3 Å². The summed E-state index contributed by atoms with van der Waals surface area (Å²) in [6.07, 6.45) is 0.812. The van der Waals surface area contributed by atoms with E-state index in [1.165, 1.54) is 4.88 Å². The first kappa shape index (κ1) is 14.5. The fourth-order valence-electron chi connectivity index (χ4n) is 2.20. The van der Waals surface area contributed by atoms with Gasteiger partial charge in [-0.3, -0.25) is 4.79 Å². The third-order valence-electron chi connectivity index (χ3n) is 3.27. The lowest BCUT2D eigenvalue weighted by molar-refractivity contribution is 0.0931. The Hall–Kier alpha value is -2.40. The summed E-state index contributed by atoms with van der Waals surface area (Å²) in [4.78, 5) is 13.4. The summed E-state index contributed by atoms with van der Waals surface area (Å²) in [6.45, 7) is 1.98. The molecule has 3 rings (SSSR count). The van der Waals surface area contributed by atoms with Crippen LogP contribution >= 0.6 is 11.3 Å². The number of hydrogen-bond acceptors (Lipinski definition) is 4. The highest BCUT2D eigenvalue weighted by molar-refractivity contribution is 7.09. The van der Waals surface area contributed by atoms with Gasteiger partial charge in [-0.15, -0.1) is 11.3 Å². The molecular weight excluding hydrogens is 296 g/mol. The maximum atomic E-state index is 12.2. The number of amides is 1. The molecule has 2 aromatic heterocycles. The fraction of sp³-hybridized carbons (Fsp3) is 0.176. The van der Waals surface area contributed by atoms with Crippen molar-refractivity contribution in [3.05, 3.63) is 64.5 Å². The predicted molar refractivity (Wildman–Crippen MR) is 86.9 cm³/mol. The lowest BCUT2D eigenvalue weighted by atomic mass is 10.1. The van der Waals surface area contributed by atoms with E-state index in [1.54, 1.807) is 17.4 Å². The van der Waals surface area contributed by atoms with E-state index in [0.717, 1.165) is 12.0 Å². The Morgan fingerprint density at radius 2 is 2.09 bits per heavy atom. The third-order valence-corrected chi connectivity index (χ3v) is 4.16. The van der Waals surface area contributed by atoms with Gasteiger partial charge in [0.05, 0.1) is 0 Å². The first-order valence-corrected chi connectivity index (χ1v) is 7.96. The summed E-state index contributed by atoms with van der Waals surface area (Å²) in [7, 11) is 0. The molecule has 5 heteroatoms. The van der Waals surface area contributed by atoms with E-state index < -0.39 is 0 Å². The second-order valence-corrected chi connectivity index (χ2v) is 6.13. The number of thiophene rings is 1. The summed E-state index contributed by atoms with van der Waals surface area (Å²) in [5, 5.41) is 8.84. The standard InChI is InChI=1S/C17H16N2O2S/c1-12(10-14-8-5-9-22-14)18-17(20)15-11-16(21-19-15)13-6-3-2-4-7-13/h2-9,11-12H,10H2,1H3,(H,18,20)/t12-/m1/s1. The monoisotopic (exact) mass is 312 g/mol. The second-order valence-electron chi connectivity index (χ2n) is 5.10. The van der Waals surface area contributed by atoms with Crippen LogP contribution in [-0.4, -0.2) is 17.1 Å². The quantitative estimate of drug-likeness (QED) is 0.780. The van der Waals surface area contributed by atoms with Crippen LogP contribution in [0.1, 0.15) is 22.3 Å². The molecule has 112 valence electrons. The molecule has 1 aromatic carbocycles. The molecule has 2 heterocycles. The minimum Gasteiger partial charge on any atom is -0.355 e. The molecular formula is C17H16N2O2S. The van der Waals surface area contributed by atoms with Gasteiger partial charge in [0.1, 0.15) is 0 Å². The zero-order valence-electron chi connectivity index (χ0n) is 12.2.